The molecule has 2 unspecified atom stereocenters. The SMILES string of the molecule is CCNC(=NCCCNc1ccccc1)NC1CCC(SC)C1.I. The molecule has 0 bridgehead atoms. The van der Waals surface area contributed by atoms with E-state index in [4.69, 9.17) is 4.99 Å². The number of para-hydroxylation sites is 1. The standard InChI is InChI=1S/C18H30N4S.HI/c1-3-19-18(22-16-10-11-17(14-16)23-2)21-13-7-12-20-15-8-5-4-6-9-15;/h4-6,8-9,16-17,20H,3,7,10-14H2,1-2H3,(H2,19,21,22);1H. The molecule has 6 heteroatoms. The normalized spacial score (nSPS) is 20.3. The highest BCUT2D eigenvalue weighted by Crippen LogP contribution is 2.27. The van der Waals surface area contributed by atoms with E-state index < -0.39 is 0 Å². The van der Waals surface area contributed by atoms with Crippen LogP contribution < -0.4 is 16.0 Å². The van der Waals surface area contributed by atoms with Gasteiger partial charge in [0.2, 0.25) is 0 Å². The molecular formula is C18H31IN4S. The van der Waals surface area contributed by atoms with Crippen LogP contribution in [0.25, 0.3) is 0 Å². The number of nitrogens with one attached hydrogen (secondary N) is 3. The molecule has 1 aromatic carbocycles. The van der Waals surface area contributed by atoms with Crippen molar-refractivity contribution in [2.45, 2.75) is 43.9 Å². The first kappa shape index (κ1) is 21.4. The summed E-state index contributed by atoms with van der Waals surface area (Å²) in [5.74, 6) is 0.971. The van der Waals surface area contributed by atoms with Crippen LogP contribution in [0.3, 0.4) is 0 Å². The van der Waals surface area contributed by atoms with Crippen molar-refractivity contribution in [3.05, 3.63) is 30.3 Å². The van der Waals surface area contributed by atoms with Gasteiger partial charge in [0.1, 0.15) is 0 Å². The highest BCUT2D eigenvalue weighted by molar-refractivity contribution is 14.0. The third kappa shape index (κ3) is 7.96. The monoisotopic (exact) mass is 462 g/mol. The lowest BCUT2D eigenvalue weighted by atomic mass is 10.2. The smallest absolute Gasteiger partial charge is 0.191 e. The van der Waals surface area contributed by atoms with Crippen LogP contribution in [0.15, 0.2) is 35.3 Å². The minimum Gasteiger partial charge on any atom is -0.385 e. The van der Waals surface area contributed by atoms with Gasteiger partial charge in [-0.05, 0) is 51.0 Å². The second kappa shape index (κ2) is 12.7. The minimum atomic E-state index is 0. The van der Waals surface area contributed by atoms with E-state index in [0.29, 0.717) is 6.04 Å². The Kier molecular flexibility index (Phi) is 11.3. The van der Waals surface area contributed by atoms with Gasteiger partial charge in [0, 0.05) is 36.6 Å². The first-order valence-corrected chi connectivity index (χ1v) is 9.97. The first-order valence-electron chi connectivity index (χ1n) is 8.68. The van der Waals surface area contributed by atoms with Crippen molar-refractivity contribution in [2.75, 3.05) is 31.2 Å². The number of thioether (sulfide) groups is 1. The molecule has 2 rings (SSSR count). The topological polar surface area (TPSA) is 48.5 Å². The molecule has 3 N–H and O–H groups in total. The lowest BCUT2D eigenvalue weighted by Gasteiger charge is -2.17. The fourth-order valence-electron chi connectivity index (χ4n) is 2.86. The molecular weight excluding hydrogens is 431 g/mol. The number of hydrogen-bond donors (Lipinski definition) is 3. The number of anilines is 1. The van der Waals surface area contributed by atoms with Gasteiger partial charge < -0.3 is 16.0 Å². The molecule has 0 spiro atoms. The maximum atomic E-state index is 4.71. The number of halogens is 1. The van der Waals surface area contributed by atoms with Crippen LogP contribution in [0.1, 0.15) is 32.6 Å². The average Bonchev–Trinajstić information content (AvgIpc) is 3.03. The van der Waals surface area contributed by atoms with Crippen molar-refractivity contribution in [1.29, 1.82) is 0 Å². The van der Waals surface area contributed by atoms with E-state index in [1.165, 1.54) is 24.9 Å². The Hall–Kier alpha value is -0.630. The van der Waals surface area contributed by atoms with Crippen molar-refractivity contribution in [3.8, 4) is 0 Å². The largest absolute Gasteiger partial charge is 0.385 e. The van der Waals surface area contributed by atoms with Crippen LogP contribution in [0.5, 0.6) is 0 Å². The second-order valence-electron chi connectivity index (χ2n) is 5.92. The van der Waals surface area contributed by atoms with Crippen LogP contribution in [0.2, 0.25) is 0 Å². The average molecular weight is 462 g/mol. The van der Waals surface area contributed by atoms with E-state index in [2.05, 4.69) is 53.4 Å². The molecule has 0 amide bonds. The molecule has 1 aliphatic carbocycles. The molecule has 0 radical (unpaired) electrons. The van der Waals surface area contributed by atoms with Gasteiger partial charge >= 0.3 is 0 Å². The fourth-order valence-corrected chi connectivity index (χ4v) is 3.65. The number of hydrogen-bond acceptors (Lipinski definition) is 3. The Morgan fingerprint density at radius 3 is 2.71 bits per heavy atom. The third-order valence-corrected chi connectivity index (χ3v) is 5.21. The summed E-state index contributed by atoms with van der Waals surface area (Å²) in [5, 5.41) is 11.2. The van der Waals surface area contributed by atoms with E-state index in [9.17, 15) is 0 Å². The van der Waals surface area contributed by atoms with Crippen LogP contribution in [-0.4, -0.2) is 43.1 Å². The molecule has 0 aliphatic heterocycles. The molecule has 1 saturated carbocycles. The summed E-state index contributed by atoms with van der Waals surface area (Å²) in [4.78, 5) is 4.71. The Morgan fingerprint density at radius 1 is 1.25 bits per heavy atom. The number of rotatable bonds is 8. The summed E-state index contributed by atoms with van der Waals surface area (Å²) in [7, 11) is 0. The van der Waals surface area contributed by atoms with Crippen molar-refractivity contribution in [2.24, 2.45) is 4.99 Å². The van der Waals surface area contributed by atoms with E-state index in [0.717, 1.165) is 37.3 Å². The Balaban J connectivity index is 0.00000288. The third-order valence-electron chi connectivity index (χ3n) is 4.11. The molecule has 24 heavy (non-hydrogen) atoms. The Bertz CT molecular complexity index is 469. The maximum Gasteiger partial charge on any atom is 0.191 e. The van der Waals surface area contributed by atoms with Crippen molar-refractivity contribution in [1.82, 2.24) is 10.6 Å². The predicted molar refractivity (Wildman–Crippen MR) is 119 cm³/mol. The van der Waals surface area contributed by atoms with E-state index in [1.807, 2.05) is 17.8 Å². The summed E-state index contributed by atoms with van der Waals surface area (Å²) in [5.41, 5.74) is 1.18. The highest BCUT2D eigenvalue weighted by atomic mass is 127. The van der Waals surface area contributed by atoms with E-state index >= 15 is 0 Å². The number of benzene rings is 1. The molecule has 4 nitrogen and oxygen atoms in total. The van der Waals surface area contributed by atoms with Gasteiger partial charge in [-0.2, -0.15) is 11.8 Å². The van der Waals surface area contributed by atoms with Gasteiger partial charge in [0.05, 0.1) is 0 Å². The maximum absolute atomic E-state index is 4.71. The lowest BCUT2D eigenvalue weighted by Crippen LogP contribution is -2.42. The molecule has 2 atom stereocenters. The highest BCUT2D eigenvalue weighted by Gasteiger charge is 2.24. The van der Waals surface area contributed by atoms with Gasteiger partial charge in [0.15, 0.2) is 5.96 Å². The van der Waals surface area contributed by atoms with Crippen molar-refractivity contribution in [3.63, 3.8) is 0 Å². The summed E-state index contributed by atoms with van der Waals surface area (Å²) in [6.45, 7) is 4.82. The van der Waals surface area contributed by atoms with Crippen LogP contribution in [-0.2, 0) is 0 Å². The van der Waals surface area contributed by atoms with Crippen molar-refractivity contribution < 1.29 is 0 Å². The molecule has 0 aromatic heterocycles. The van der Waals surface area contributed by atoms with Crippen LogP contribution in [0.4, 0.5) is 5.69 Å². The van der Waals surface area contributed by atoms with Gasteiger partial charge in [-0.3, -0.25) is 4.99 Å². The lowest BCUT2D eigenvalue weighted by molar-refractivity contribution is 0.614. The molecule has 0 saturated heterocycles. The zero-order valence-electron chi connectivity index (χ0n) is 14.8. The van der Waals surface area contributed by atoms with Gasteiger partial charge in [-0.1, -0.05) is 18.2 Å². The van der Waals surface area contributed by atoms with Crippen LogP contribution in [0, 0.1) is 0 Å². The van der Waals surface area contributed by atoms with E-state index in [-0.39, 0.29) is 24.0 Å². The van der Waals surface area contributed by atoms with Crippen LogP contribution >= 0.6 is 35.7 Å². The quantitative estimate of drug-likeness (QED) is 0.237. The number of guanidine groups is 1. The summed E-state index contributed by atoms with van der Waals surface area (Å²) < 4.78 is 0. The first-order chi connectivity index (χ1) is 11.3. The molecule has 1 aliphatic rings. The molecule has 1 aromatic rings. The fraction of sp³-hybridized carbons (Fsp3) is 0.611. The predicted octanol–water partition coefficient (Wildman–Crippen LogP) is 3.95. The van der Waals surface area contributed by atoms with E-state index in [1.54, 1.807) is 0 Å². The summed E-state index contributed by atoms with van der Waals surface area (Å²) in [6.07, 6.45) is 7.07. The van der Waals surface area contributed by atoms with Crippen molar-refractivity contribution >= 4 is 47.4 Å². The van der Waals surface area contributed by atoms with Gasteiger partial charge in [-0.15, -0.1) is 24.0 Å². The number of aliphatic imine (C=N–C) groups is 1. The second-order valence-corrected chi connectivity index (χ2v) is 7.06. The summed E-state index contributed by atoms with van der Waals surface area (Å²) >= 11 is 1.99. The molecule has 0 heterocycles. The minimum absolute atomic E-state index is 0. The van der Waals surface area contributed by atoms with Gasteiger partial charge in [-0.25, -0.2) is 0 Å². The summed E-state index contributed by atoms with van der Waals surface area (Å²) in [6, 6.07) is 10.9. The van der Waals surface area contributed by atoms with Gasteiger partial charge in [0.25, 0.3) is 0 Å². The Labute approximate surface area is 168 Å². The number of nitrogens with zero attached hydrogens (tertiary/aromatic N) is 1. The molecule has 1 fully saturated rings. The zero-order valence-corrected chi connectivity index (χ0v) is 17.9. The zero-order chi connectivity index (χ0) is 16.3. The molecule has 136 valence electrons. The Morgan fingerprint density at radius 2 is 2.04 bits per heavy atom.